The second kappa shape index (κ2) is 4.48. The minimum Gasteiger partial charge on any atom is -0.463 e. The molecule has 0 aliphatic rings. The fourth-order valence-electron chi connectivity index (χ4n) is 0.704. The van der Waals surface area contributed by atoms with E-state index in [0.29, 0.717) is 5.76 Å². The summed E-state index contributed by atoms with van der Waals surface area (Å²) in [7, 11) is 0. The third-order valence-electron chi connectivity index (χ3n) is 1.35. The third-order valence-corrected chi connectivity index (χ3v) is 1.35. The van der Waals surface area contributed by atoms with Crippen LogP contribution in [0.25, 0.3) is 0 Å². The molecule has 1 rings (SSSR count). The van der Waals surface area contributed by atoms with E-state index in [4.69, 9.17) is 20.7 Å². The lowest BCUT2D eigenvalue weighted by molar-refractivity contribution is 0.560. The second-order valence-electron chi connectivity index (χ2n) is 2.26. The van der Waals surface area contributed by atoms with Crippen molar-refractivity contribution < 1.29 is 4.42 Å². The Kier molecular flexibility index (Phi) is 3.06. The molecule has 0 saturated heterocycles. The van der Waals surface area contributed by atoms with Crippen LogP contribution in [-0.2, 0) is 0 Å². The quantitative estimate of drug-likeness (QED) is 0.548. The van der Waals surface area contributed by atoms with Crippen LogP contribution in [-0.4, -0.2) is 6.21 Å². The van der Waals surface area contributed by atoms with Crippen molar-refractivity contribution in [2.24, 2.45) is 10.7 Å². The lowest BCUT2D eigenvalue weighted by Gasteiger charge is -1.88. The standard InChI is InChI=1S/C9H6N4O/c10-4-8(12)9(5-11)13-6-7-2-1-3-14-7/h1-3,6H,12H2/b9-8+,13-6?. The number of aliphatic imine (C=N–C) groups is 1. The molecule has 5 heteroatoms. The number of allylic oxidation sites excluding steroid dienone is 2. The molecule has 0 aliphatic carbocycles. The van der Waals surface area contributed by atoms with Crippen molar-refractivity contribution in [2.75, 3.05) is 0 Å². The highest BCUT2D eigenvalue weighted by molar-refractivity contribution is 5.77. The highest BCUT2D eigenvalue weighted by Crippen LogP contribution is 2.01. The average molecular weight is 186 g/mol. The monoisotopic (exact) mass is 186 g/mol. The zero-order valence-electron chi connectivity index (χ0n) is 7.14. The van der Waals surface area contributed by atoms with E-state index in [-0.39, 0.29) is 11.4 Å². The third kappa shape index (κ3) is 2.23. The van der Waals surface area contributed by atoms with Gasteiger partial charge in [-0.15, -0.1) is 0 Å². The van der Waals surface area contributed by atoms with E-state index in [0.717, 1.165) is 0 Å². The van der Waals surface area contributed by atoms with Crippen molar-refractivity contribution in [1.82, 2.24) is 0 Å². The second-order valence-corrected chi connectivity index (χ2v) is 2.26. The Balaban J connectivity index is 2.89. The van der Waals surface area contributed by atoms with Crippen LogP contribution >= 0.6 is 0 Å². The number of nitriles is 2. The Hall–Kier alpha value is -2.53. The van der Waals surface area contributed by atoms with Gasteiger partial charge in [0.2, 0.25) is 0 Å². The van der Waals surface area contributed by atoms with Crippen LogP contribution in [0.5, 0.6) is 0 Å². The lowest BCUT2D eigenvalue weighted by atomic mass is 10.4. The summed E-state index contributed by atoms with van der Waals surface area (Å²) in [4.78, 5) is 3.71. The summed E-state index contributed by atoms with van der Waals surface area (Å²) in [5.41, 5.74) is 4.88. The normalized spacial score (nSPS) is 11.9. The molecular weight excluding hydrogens is 180 g/mol. The van der Waals surface area contributed by atoms with E-state index in [9.17, 15) is 0 Å². The summed E-state index contributed by atoms with van der Waals surface area (Å²) >= 11 is 0. The molecule has 0 saturated carbocycles. The Morgan fingerprint density at radius 1 is 1.50 bits per heavy atom. The Morgan fingerprint density at radius 2 is 2.29 bits per heavy atom. The summed E-state index contributed by atoms with van der Waals surface area (Å²) in [6.07, 6.45) is 2.80. The predicted molar refractivity (Wildman–Crippen MR) is 48.7 cm³/mol. The summed E-state index contributed by atoms with van der Waals surface area (Å²) in [5, 5.41) is 17.0. The molecule has 68 valence electrons. The highest BCUT2D eigenvalue weighted by Gasteiger charge is 1.98. The molecule has 2 N–H and O–H groups in total. The van der Waals surface area contributed by atoms with Gasteiger partial charge in [0.25, 0.3) is 0 Å². The van der Waals surface area contributed by atoms with Crippen molar-refractivity contribution in [1.29, 1.82) is 10.5 Å². The molecule has 0 unspecified atom stereocenters. The Bertz CT molecular complexity index is 442. The first kappa shape index (κ1) is 9.56. The first-order valence-electron chi connectivity index (χ1n) is 3.65. The van der Waals surface area contributed by atoms with Crippen LogP contribution in [0, 0.1) is 22.7 Å². The largest absolute Gasteiger partial charge is 0.463 e. The first-order chi connectivity index (χ1) is 6.77. The van der Waals surface area contributed by atoms with Gasteiger partial charge in [0.15, 0.2) is 5.70 Å². The maximum atomic E-state index is 8.57. The highest BCUT2D eigenvalue weighted by atomic mass is 16.3. The zero-order valence-corrected chi connectivity index (χ0v) is 7.14. The fourth-order valence-corrected chi connectivity index (χ4v) is 0.704. The molecule has 1 heterocycles. The van der Waals surface area contributed by atoms with Crippen LogP contribution in [0.15, 0.2) is 39.2 Å². The van der Waals surface area contributed by atoms with Gasteiger partial charge in [-0.25, -0.2) is 4.99 Å². The number of rotatable bonds is 2. The van der Waals surface area contributed by atoms with Crippen molar-refractivity contribution >= 4 is 6.21 Å². The molecule has 0 amide bonds. The maximum absolute atomic E-state index is 8.57. The Morgan fingerprint density at radius 3 is 2.79 bits per heavy atom. The fraction of sp³-hybridized carbons (Fsp3) is 0. The van der Waals surface area contributed by atoms with E-state index >= 15 is 0 Å². The van der Waals surface area contributed by atoms with Crippen LogP contribution < -0.4 is 5.73 Å². The van der Waals surface area contributed by atoms with E-state index in [1.807, 2.05) is 0 Å². The molecule has 0 radical (unpaired) electrons. The molecular formula is C9H6N4O. The van der Waals surface area contributed by atoms with Gasteiger partial charge in [0.1, 0.15) is 23.6 Å². The zero-order chi connectivity index (χ0) is 10.4. The van der Waals surface area contributed by atoms with Crippen molar-refractivity contribution in [3.63, 3.8) is 0 Å². The van der Waals surface area contributed by atoms with Crippen LogP contribution in [0.3, 0.4) is 0 Å². The van der Waals surface area contributed by atoms with Crippen LogP contribution in [0.2, 0.25) is 0 Å². The average Bonchev–Trinajstić information content (AvgIpc) is 2.71. The van der Waals surface area contributed by atoms with Crippen molar-refractivity contribution in [2.45, 2.75) is 0 Å². The molecule has 14 heavy (non-hydrogen) atoms. The number of hydrogen-bond donors (Lipinski definition) is 1. The van der Waals surface area contributed by atoms with Crippen LogP contribution in [0.4, 0.5) is 0 Å². The lowest BCUT2D eigenvalue weighted by Crippen LogP contribution is -1.97. The number of hydrogen-bond acceptors (Lipinski definition) is 5. The maximum Gasteiger partial charge on any atom is 0.174 e. The molecule has 5 nitrogen and oxygen atoms in total. The van der Waals surface area contributed by atoms with Gasteiger partial charge < -0.3 is 10.2 Å². The molecule has 0 atom stereocenters. The van der Waals surface area contributed by atoms with E-state index in [2.05, 4.69) is 4.99 Å². The Labute approximate surface area is 80.4 Å². The van der Waals surface area contributed by atoms with E-state index in [1.165, 1.54) is 12.5 Å². The smallest absolute Gasteiger partial charge is 0.174 e. The predicted octanol–water partition coefficient (Wildman–Crippen LogP) is 0.916. The van der Waals surface area contributed by atoms with Gasteiger partial charge >= 0.3 is 0 Å². The van der Waals surface area contributed by atoms with Gasteiger partial charge in [-0.3, -0.25) is 0 Å². The van der Waals surface area contributed by atoms with Gasteiger partial charge in [-0.2, -0.15) is 10.5 Å². The molecule has 1 aromatic heterocycles. The van der Waals surface area contributed by atoms with Gasteiger partial charge in [-0.05, 0) is 12.1 Å². The summed E-state index contributed by atoms with van der Waals surface area (Å²) in [6, 6.07) is 6.70. The topological polar surface area (TPSA) is 99.1 Å². The molecule has 0 aromatic carbocycles. The van der Waals surface area contributed by atoms with E-state index in [1.54, 1.807) is 24.3 Å². The molecule has 0 bridgehead atoms. The molecule has 1 aromatic rings. The minimum absolute atomic E-state index is 0.121. The number of nitrogens with zero attached hydrogens (tertiary/aromatic N) is 3. The minimum atomic E-state index is -0.213. The summed E-state index contributed by atoms with van der Waals surface area (Å²) < 4.78 is 4.94. The van der Waals surface area contributed by atoms with Gasteiger partial charge in [0, 0.05) is 0 Å². The first-order valence-corrected chi connectivity index (χ1v) is 3.65. The molecule has 0 spiro atoms. The van der Waals surface area contributed by atoms with Crippen molar-refractivity contribution in [3.8, 4) is 12.1 Å². The summed E-state index contributed by atoms with van der Waals surface area (Å²) in [5.74, 6) is 0.489. The SMILES string of the molecule is N#C/C(N)=C(/C#N)N=Cc1ccco1. The van der Waals surface area contributed by atoms with Crippen molar-refractivity contribution in [3.05, 3.63) is 35.6 Å². The molecule has 0 fully saturated rings. The number of nitrogens with two attached hydrogens (primary N) is 1. The van der Waals surface area contributed by atoms with E-state index < -0.39 is 0 Å². The molecule has 0 aliphatic heterocycles. The van der Waals surface area contributed by atoms with Gasteiger partial charge in [0.05, 0.1) is 12.5 Å². The van der Waals surface area contributed by atoms with Crippen LogP contribution in [0.1, 0.15) is 5.76 Å². The summed E-state index contributed by atoms with van der Waals surface area (Å²) in [6.45, 7) is 0. The van der Waals surface area contributed by atoms with Gasteiger partial charge in [-0.1, -0.05) is 0 Å². The number of furan rings is 1.